The number of aromatic nitrogens is 1. The fraction of sp³-hybridized carbons (Fsp3) is 0.538. The summed E-state index contributed by atoms with van der Waals surface area (Å²) in [6.07, 6.45) is -0.107. The van der Waals surface area contributed by atoms with Gasteiger partial charge in [-0.1, -0.05) is 6.07 Å². The molecule has 118 valence electrons. The molecule has 0 saturated carbocycles. The van der Waals surface area contributed by atoms with Gasteiger partial charge in [-0.15, -0.1) is 0 Å². The molecule has 0 unspecified atom stereocenters. The topological polar surface area (TPSA) is 55.4 Å². The predicted octanol–water partition coefficient (Wildman–Crippen LogP) is 3.75. The normalized spacial score (nSPS) is 11.8. The number of nitrogens with one attached hydrogen (secondary N) is 2. The van der Waals surface area contributed by atoms with Gasteiger partial charge in [-0.2, -0.15) is 0 Å². The molecule has 0 aromatic carbocycles. The molecule has 0 aliphatic heterocycles. The minimum absolute atomic E-state index is 0.0537. The lowest BCUT2D eigenvalue weighted by atomic mass is 10.4. The highest BCUT2D eigenvalue weighted by Gasteiger charge is 2.24. The highest BCUT2D eigenvalue weighted by atomic mass is 32.5. The third kappa shape index (κ3) is 7.29. The molecule has 0 fully saturated rings. The number of pyridine rings is 1. The van der Waals surface area contributed by atoms with Crippen molar-refractivity contribution in [3.8, 4) is 0 Å². The molecule has 0 saturated heterocycles. The van der Waals surface area contributed by atoms with Gasteiger partial charge in [-0.3, -0.25) is 5.09 Å². The van der Waals surface area contributed by atoms with Crippen LogP contribution in [0.5, 0.6) is 0 Å². The first-order valence-corrected chi connectivity index (χ1v) is 9.74. The summed E-state index contributed by atoms with van der Waals surface area (Å²) in [4.78, 5) is 4.32. The lowest BCUT2D eigenvalue weighted by Crippen LogP contribution is -2.29. The van der Waals surface area contributed by atoms with Crippen LogP contribution in [-0.2, 0) is 20.9 Å². The Bertz CT molecular complexity index is 524. The summed E-state index contributed by atoms with van der Waals surface area (Å²) in [6, 6.07) is 5.64. The first kappa shape index (κ1) is 18.5. The molecule has 1 aromatic heterocycles. The van der Waals surface area contributed by atoms with Gasteiger partial charge in [0.1, 0.15) is 5.82 Å². The predicted molar refractivity (Wildman–Crippen MR) is 95.1 cm³/mol. The van der Waals surface area contributed by atoms with E-state index >= 15 is 0 Å². The maximum atomic E-state index is 5.73. The summed E-state index contributed by atoms with van der Waals surface area (Å²) in [5, 5.41) is 6.33. The Kier molecular flexibility index (Phi) is 7.16. The smallest absolute Gasteiger partial charge is 0.289 e. The van der Waals surface area contributed by atoms with Crippen LogP contribution in [0.25, 0.3) is 0 Å². The molecular formula is C13H22N3O2PS2. The van der Waals surface area contributed by atoms with Gasteiger partial charge in [0.15, 0.2) is 5.11 Å². The number of anilines is 1. The maximum Gasteiger partial charge on any atom is 0.289 e. The highest BCUT2D eigenvalue weighted by Crippen LogP contribution is 2.46. The summed E-state index contributed by atoms with van der Waals surface area (Å²) in [5.74, 6) is 0.656. The summed E-state index contributed by atoms with van der Waals surface area (Å²) in [6.45, 7) is 6.86. The standard InChI is InChI=1S/C13H22N3O2PS2/c1-9(2)17-19(21,18-10(3)4)16-13(20)15-12-8-6-7-11(5)14-12/h6-10H,1-5H3,(H2,14,15,16,20,21). The lowest BCUT2D eigenvalue weighted by molar-refractivity contribution is 0.172. The van der Waals surface area contributed by atoms with Crippen LogP contribution < -0.4 is 10.4 Å². The molecular weight excluding hydrogens is 325 g/mol. The van der Waals surface area contributed by atoms with E-state index in [0.717, 1.165) is 5.69 Å². The van der Waals surface area contributed by atoms with Crippen LogP contribution in [0.1, 0.15) is 33.4 Å². The molecule has 0 radical (unpaired) electrons. The van der Waals surface area contributed by atoms with Crippen LogP contribution >= 0.6 is 18.9 Å². The first-order valence-electron chi connectivity index (χ1n) is 6.70. The number of rotatable bonds is 6. The van der Waals surface area contributed by atoms with E-state index < -0.39 is 6.64 Å². The molecule has 1 aromatic rings. The van der Waals surface area contributed by atoms with Crippen molar-refractivity contribution in [1.82, 2.24) is 10.1 Å². The molecule has 0 atom stereocenters. The van der Waals surface area contributed by atoms with E-state index in [1.807, 2.05) is 52.8 Å². The van der Waals surface area contributed by atoms with Crippen LogP contribution in [0.3, 0.4) is 0 Å². The van der Waals surface area contributed by atoms with Crippen LogP contribution in [0, 0.1) is 6.92 Å². The Labute approximate surface area is 137 Å². The minimum atomic E-state index is -2.68. The molecule has 0 bridgehead atoms. The van der Waals surface area contributed by atoms with Gasteiger partial charge in [0.25, 0.3) is 6.64 Å². The zero-order valence-electron chi connectivity index (χ0n) is 12.9. The largest absolute Gasteiger partial charge is 0.317 e. The maximum absolute atomic E-state index is 5.73. The molecule has 0 aliphatic carbocycles. The van der Waals surface area contributed by atoms with Crippen LogP contribution in [0.15, 0.2) is 18.2 Å². The van der Waals surface area contributed by atoms with Crippen molar-refractivity contribution < 1.29 is 9.05 Å². The Morgan fingerprint density at radius 3 is 2.24 bits per heavy atom. The second-order valence-electron chi connectivity index (χ2n) is 5.04. The van der Waals surface area contributed by atoms with Crippen molar-refractivity contribution in [1.29, 1.82) is 0 Å². The Hall–Kier alpha value is -0.590. The van der Waals surface area contributed by atoms with E-state index in [-0.39, 0.29) is 12.2 Å². The number of thiocarbonyl (C=S) groups is 1. The van der Waals surface area contributed by atoms with Crippen molar-refractivity contribution in [3.63, 3.8) is 0 Å². The van der Waals surface area contributed by atoms with Crippen molar-refractivity contribution in [2.24, 2.45) is 0 Å². The molecule has 0 aliphatic rings. The number of nitrogens with zero attached hydrogens (tertiary/aromatic N) is 1. The molecule has 0 amide bonds. The molecule has 8 heteroatoms. The van der Waals surface area contributed by atoms with Gasteiger partial charge in [0.05, 0.1) is 12.2 Å². The molecule has 1 heterocycles. The summed E-state index contributed by atoms with van der Waals surface area (Å²) >= 11 is 10.8. The summed E-state index contributed by atoms with van der Waals surface area (Å²) < 4.78 is 11.5. The summed E-state index contributed by atoms with van der Waals surface area (Å²) in [7, 11) is 0. The quantitative estimate of drug-likeness (QED) is 0.600. The van der Waals surface area contributed by atoms with Crippen LogP contribution in [-0.4, -0.2) is 22.3 Å². The molecule has 21 heavy (non-hydrogen) atoms. The molecule has 5 nitrogen and oxygen atoms in total. The van der Waals surface area contributed by atoms with Crippen LogP contribution in [0.4, 0.5) is 5.82 Å². The van der Waals surface area contributed by atoms with E-state index in [4.69, 9.17) is 33.1 Å². The van der Waals surface area contributed by atoms with Crippen molar-refractivity contribution in [2.75, 3.05) is 5.32 Å². The number of aryl methyl sites for hydroxylation is 1. The van der Waals surface area contributed by atoms with E-state index in [1.165, 1.54) is 0 Å². The monoisotopic (exact) mass is 347 g/mol. The second-order valence-corrected chi connectivity index (χ2v) is 8.53. The van der Waals surface area contributed by atoms with Crippen molar-refractivity contribution in [3.05, 3.63) is 23.9 Å². The first-order chi connectivity index (χ1) is 9.70. The van der Waals surface area contributed by atoms with Gasteiger partial charge in [0.2, 0.25) is 0 Å². The van der Waals surface area contributed by atoms with E-state index in [1.54, 1.807) is 0 Å². The highest BCUT2D eigenvalue weighted by molar-refractivity contribution is 8.09. The van der Waals surface area contributed by atoms with Crippen molar-refractivity contribution >= 4 is 41.6 Å². The number of hydrogen-bond donors (Lipinski definition) is 2. The number of hydrogen-bond acceptors (Lipinski definition) is 5. The second kappa shape index (κ2) is 8.15. The van der Waals surface area contributed by atoms with Gasteiger partial charge in [0, 0.05) is 5.69 Å². The molecule has 2 N–H and O–H groups in total. The zero-order valence-corrected chi connectivity index (χ0v) is 15.4. The van der Waals surface area contributed by atoms with Crippen molar-refractivity contribution in [2.45, 2.75) is 46.8 Å². The van der Waals surface area contributed by atoms with Gasteiger partial charge in [-0.25, -0.2) is 4.98 Å². The lowest BCUT2D eigenvalue weighted by Gasteiger charge is -2.27. The molecule has 1 rings (SSSR count). The fourth-order valence-electron chi connectivity index (χ4n) is 1.51. The van der Waals surface area contributed by atoms with E-state index in [9.17, 15) is 0 Å². The fourth-order valence-corrected chi connectivity index (χ4v) is 5.03. The summed E-state index contributed by atoms with van der Waals surface area (Å²) in [5.41, 5.74) is 0.902. The minimum Gasteiger partial charge on any atom is -0.317 e. The van der Waals surface area contributed by atoms with Gasteiger partial charge in [-0.05, 0) is 70.8 Å². The third-order valence-corrected chi connectivity index (χ3v) is 5.11. The van der Waals surface area contributed by atoms with Gasteiger partial charge >= 0.3 is 0 Å². The van der Waals surface area contributed by atoms with E-state index in [0.29, 0.717) is 10.9 Å². The average Bonchev–Trinajstić information content (AvgIpc) is 2.24. The van der Waals surface area contributed by atoms with E-state index in [2.05, 4.69) is 15.4 Å². The molecule has 0 spiro atoms. The third-order valence-electron chi connectivity index (χ3n) is 2.07. The Balaban J connectivity index is 2.74. The Morgan fingerprint density at radius 1 is 1.19 bits per heavy atom. The van der Waals surface area contributed by atoms with Crippen LogP contribution in [0.2, 0.25) is 0 Å². The SMILES string of the molecule is Cc1cccc(NC(=S)NP(=S)(OC(C)C)OC(C)C)n1. The average molecular weight is 347 g/mol. The Morgan fingerprint density at radius 2 is 1.76 bits per heavy atom. The zero-order chi connectivity index (χ0) is 16.0. The van der Waals surface area contributed by atoms with Gasteiger partial charge < -0.3 is 14.4 Å².